The van der Waals surface area contributed by atoms with Crippen molar-refractivity contribution in [1.29, 1.82) is 0 Å². The van der Waals surface area contributed by atoms with Crippen molar-refractivity contribution in [3.63, 3.8) is 0 Å². The molecule has 3 nitrogen and oxygen atoms in total. The highest BCUT2D eigenvalue weighted by Crippen LogP contribution is 2.29. The molecule has 1 rings (SSSR count). The number of carbonyl (C=O) groups excluding carboxylic acids is 1. The Kier molecular flexibility index (Phi) is 7.61. The number of benzene rings is 1. The molecule has 1 aromatic rings. The Morgan fingerprint density at radius 2 is 2.00 bits per heavy atom. The summed E-state index contributed by atoms with van der Waals surface area (Å²) in [7, 11) is 0. The van der Waals surface area contributed by atoms with Crippen LogP contribution in [0.5, 0.6) is 0 Å². The Hall–Kier alpha value is -0.420. The summed E-state index contributed by atoms with van der Waals surface area (Å²) in [6, 6.07) is 5.12. The number of anilines is 1. The van der Waals surface area contributed by atoms with Gasteiger partial charge in [-0.1, -0.05) is 36.2 Å². The SMILES string of the molecule is CSCC(C)CNCC(=O)Nc1c(Cl)cccc1Cl. The summed E-state index contributed by atoms with van der Waals surface area (Å²) in [5.41, 5.74) is 0.467. The molecule has 2 N–H and O–H groups in total. The highest BCUT2D eigenvalue weighted by Gasteiger charge is 2.09. The van der Waals surface area contributed by atoms with Gasteiger partial charge in [0, 0.05) is 0 Å². The van der Waals surface area contributed by atoms with Crippen LogP contribution >= 0.6 is 35.0 Å². The number of amides is 1. The molecule has 106 valence electrons. The molecular weight excluding hydrogens is 303 g/mol. The molecule has 0 heterocycles. The molecule has 0 radical (unpaired) electrons. The molecule has 1 aromatic carbocycles. The van der Waals surface area contributed by atoms with E-state index in [9.17, 15) is 4.79 Å². The number of para-hydroxylation sites is 1. The Labute approximate surface area is 128 Å². The number of nitrogens with one attached hydrogen (secondary N) is 2. The number of thioether (sulfide) groups is 1. The lowest BCUT2D eigenvalue weighted by Gasteiger charge is -2.12. The van der Waals surface area contributed by atoms with Crippen LogP contribution in [0.15, 0.2) is 18.2 Å². The van der Waals surface area contributed by atoms with Gasteiger partial charge in [-0.15, -0.1) is 0 Å². The fourth-order valence-corrected chi connectivity index (χ4v) is 2.76. The summed E-state index contributed by atoms with van der Waals surface area (Å²) < 4.78 is 0. The Balaban J connectivity index is 2.39. The molecule has 0 spiro atoms. The minimum Gasteiger partial charge on any atom is -0.322 e. The van der Waals surface area contributed by atoms with Crippen LogP contribution < -0.4 is 10.6 Å². The molecule has 6 heteroatoms. The van der Waals surface area contributed by atoms with Crippen molar-refractivity contribution in [2.75, 3.05) is 30.4 Å². The first-order chi connectivity index (χ1) is 9.04. The average Bonchev–Trinajstić information content (AvgIpc) is 2.34. The summed E-state index contributed by atoms with van der Waals surface area (Å²) in [6.07, 6.45) is 2.07. The van der Waals surface area contributed by atoms with Crippen LogP contribution in [-0.2, 0) is 4.79 Å². The van der Waals surface area contributed by atoms with Crippen molar-refractivity contribution in [2.24, 2.45) is 5.92 Å². The van der Waals surface area contributed by atoms with E-state index in [0.717, 1.165) is 12.3 Å². The second kappa shape index (κ2) is 8.69. The summed E-state index contributed by atoms with van der Waals surface area (Å²) in [4.78, 5) is 11.8. The van der Waals surface area contributed by atoms with Gasteiger partial charge in [-0.05, 0) is 36.6 Å². The predicted molar refractivity (Wildman–Crippen MR) is 85.5 cm³/mol. The fraction of sp³-hybridized carbons (Fsp3) is 0.462. The minimum atomic E-state index is -0.147. The number of hydrogen-bond donors (Lipinski definition) is 2. The van der Waals surface area contributed by atoms with Gasteiger partial charge in [0.05, 0.1) is 22.3 Å². The van der Waals surface area contributed by atoms with Crippen molar-refractivity contribution in [3.05, 3.63) is 28.2 Å². The van der Waals surface area contributed by atoms with E-state index in [4.69, 9.17) is 23.2 Å². The molecule has 19 heavy (non-hydrogen) atoms. The van der Waals surface area contributed by atoms with Crippen LogP contribution in [0.25, 0.3) is 0 Å². The summed E-state index contributed by atoms with van der Waals surface area (Å²) in [5, 5.41) is 6.71. The van der Waals surface area contributed by atoms with Gasteiger partial charge in [-0.2, -0.15) is 11.8 Å². The average molecular weight is 321 g/mol. The van der Waals surface area contributed by atoms with Crippen LogP contribution in [0.1, 0.15) is 6.92 Å². The van der Waals surface area contributed by atoms with Crippen molar-refractivity contribution < 1.29 is 4.79 Å². The van der Waals surface area contributed by atoms with Gasteiger partial charge in [0.25, 0.3) is 0 Å². The van der Waals surface area contributed by atoms with Gasteiger partial charge >= 0.3 is 0 Å². The number of rotatable bonds is 7. The van der Waals surface area contributed by atoms with Gasteiger partial charge in [0.15, 0.2) is 0 Å². The molecule has 1 unspecified atom stereocenters. The van der Waals surface area contributed by atoms with E-state index < -0.39 is 0 Å². The van der Waals surface area contributed by atoms with E-state index in [2.05, 4.69) is 23.8 Å². The zero-order valence-electron chi connectivity index (χ0n) is 11.0. The van der Waals surface area contributed by atoms with Crippen molar-refractivity contribution in [2.45, 2.75) is 6.92 Å². The largest absolute Gasteiger partial charge is 0.322 e. The first-order valence-electron chi connectivity index (χ1n) is 5.98. The maximum atomic E-state index is 11.8. The lowest BCUT2D eigenvalue weighted by atomic mass is 10.2. The van der Waals surface area contributed by atoms with Gasteiger partial charge in [-0.25, -0.2) is 0 Å². The third-order valence-electron chi connectivity index (χ3n) is 2.46. The van der Waals surface area contributed by atoms with Gasteiger partial charge < -0.3 is 10.6 Å². The number of hydrogen-bond acceptors (Lipinski definition) is 3. The summed E-state index contributed by atoms with van der Waals surface area (Å²) in [5.74, 6) is 1.46. The van der Waals surface area contributed by atoms with Crippen LogP contribution in [0.3, 0.4) is 0 Å². The molecule has 1 atom stereocenters. The molecule has 0 aromatic heterocycles. The van der Waals surface area contributed by atoms with Crippen molar-refractivity contribution in [3.8, 4) is 0 Å². The monoisotopic (exact) mass is 320 g/mol. The quantitative estimate of drug-likeness (QED) is 0.807. The third kappa shape index (κ3) is 6.04. The standard InChI is InChI=1S/C13H18Cl2N2OS/c1-9(8-19-2)6-16-7-12(18)17-13-10(14)4-3-5-11(13)15/h3-5,9,16H,6-8H2,1-2H3,(H,17,18). The van der Waals surface area contributed by atoms with Gasteiger partial charge in [0.2, 0.25) is 5.91 Å². The Morgan fingerprint density at radius 1 is 1.37 bits per heavy atom. The van der Waals surface area contributed by atoms with E-state index in [1.54, 1.807) is 30.0 Å². The lowest BCUT2D eigenvalue weighted by molar-refractivity contribution is -0.115. The van der Waals surface area contributed by atoms with Crippen LogP contribution in [0.2, 0.25) is 10.0 Å². The van der Waals surface area contributed by atoms with E-state index in [-0.39, 0.29) is 12.5 Å². The third-order valence-corrected chi connectivity index (χ3v) is 3.99. The fourth-order valence-electron chi connectivity index (χ4n) is 1.58. The van der Waals surface area contributed by atoms with Crippen molar-refractivity contribution >= 4 is 46.6 Å². The predicted octanol–water partition coefficient (Wildman–Crippen LogP) is 3.52. The maximum Gasteiger partial charge on any atom is 0.238 e. The molecule has 0 fully saturated rings. The molecular formula is C13H18Cl2N2OS. The maximum absolute atomic E-state index is 11.8. The molecule has 0 aliphatic rings. The minimum absolute atomic E-state index is 0.147. The smallest absolute Gasteiger partial charge is 0.238 e. The van der Waals surface area contributed by atoms with E-state index in [1.807, 2.05) is 0 Å². The van der Waals surface area contributed by atoms with Crippen LogP contribution in [0, 0.1) is 5.92 Å². The first-order valence-corrected chi connectivity index (χ1v) is 8.13. The highest BCUT2D eigenvalue weighted by molar-refractivity contribution is 7.98. The summed E-state index contributed by atoms with van der Waals surface area (Å²) >= 11 is 13.8. The molecule has 0 saturated heterocycles. The van der Waals surface area contributed by atoms with Crippen LogP contribution in [-0.4, -0.2) is 31.0 Å². The van der Waals surface area contributed by atoms with Crippen molar-refractivity contribution in [1.82, 2.24) is 5.32 Å². The van der Waals surface area contributed by atoms with Gasteiger partial charge in [0.1, 0.15) is 0 Å². The number of halogens is 2. The lowest BCUT2D eigenvalue weighted by Crippen LogP contribution is -2.31. The second-order valence-corrected chi connectivity index (χ2v) is 6.06. The van der Waals surface area contributed by atoms with E-state index >= 15 is 0 Å². The normalized spacial score (nSPS) is 12.2. The summed E-state index contributed by atoms with van der Waals surface area (Å²) in [6.45, 7) is 3.21. The second-order valence-electron chi connectivity index (χ2n) is 4.34. The molecule has 0 bridgehead atoms. The molecule has 0 aliphatic heterocycles. The molecule has 0 aliphatic carbocycles. The Morgan fingerprint density at radius 3 is 2.58 bits per heavy atom. The van der Waals surface area contributed by atoms with Crippen LogP contribution in [0.4, 0.5) is 5.69 Å². The Bertz CT molecular complexity index is 409. The zero-order valence-corrected chi connectivity index (χ0v) is 13.3. The number of carbonyl (C=O) groups is 1. The van der Waals surface area contributed by atoms with E-state index in [0.29, 0.717) is 21.7 Å². The van der Waals surface area contributed by atoms with Gasteiger partial charge in [-0.3, -0.25) is 4.79 Å². The first kappa shape index (κ1) is 16.6. The molecule has 0 saturated carbocycles. The molecule has 1 amide bonds. The van der Waals surface area contributed by atoms with E-state index in [1.165, 1.54) is 0 Å². The highest BCUT2D eigenvalue weighted by atomic mass is 35.5. The zero-order chi connectivity index (χ0) is 14.3. The topological polar surface area (TPSA) is 41.1 Å².